The summed E-state index contributed by atoms with van der Waals surface area (Å²) in [4.78, 5) is 4.03. The minimum Gasteiger partial charge on any atom is -0.263 e. The zero-order chi connectivity index (χ0) is 14.3. The molecule has 2 heterocycles. The number of aromatic nitrogens is 3. The molecule has 0 amide bonds. The molecule has 0 saturated carbocycles. The van der Waals surface area contributed by atoms with Gasteiger partial charge in [-0.25, -0.2) is 21.8 Å². The average molecular weight is 308 g/mol. The molecule has 0 spiro atoms. The smallest absolute Gasteiger partial charge is 0.218 e. The van der Waals surface area contributed by atoms with E-state index in [0.717, 1.165) is 4.31 Å². The van der Waals surface area contributed by atoms with E-state index in [1.165, 1.54) is 7.05 Å². The fraction of sp³-hybridized carbons (Fsp3) is 0.778. The molecule has 2 rings (SSSR count). The average Bonchev–Trinajstić information content (AvgIpc) is 2.85. The predicted octanol–water partition coefficient (Wildman–Crippen LogP) is -0.938. The van der Waals surface area contributed by atoms with E-state index in [-0.39, 0.29) is 24.5 Å². The molecule has 10 heteroatoms. The van der Waals surface area contributed by atoms with Gasteiger partial charge in [0.25, 0.3) is 0 Å². The van der Waals surface area contributed by atoms with Crippen LogP contribution < -0.4 is 0 Å². The van der Waals surface area contributed by atoms with E-state index >= 15 is 0 Å². The maximum Gasteiger partial charge on any atom is 0.218 e. The number of hydrogen-bond donors (Lipinski definition) is 1. The third-order valence-electron chi connectivity index (χ3n) is 3.05. The van der Waals surface area contributed by atoms with Crippen LogP contribution in [0.25, 0.3) is 0 Å². The summed E-state index contributed by atoms with van der Waals surface area (Å²) in [5.41, 5.74) is 0. The fourth-order valence-electron chi connectivity index (χ4n) is 2.00. The van der Waals surface area contributed by atoms with Gasteiger partial charge in [-0.3, -0.25) is 5.10 Å². The molecule has 0 aliphatic carbocycles. The van der Waals surface area contributed by atoms with Crippen molar-refractivity contribution < 1.29 is 16.8 Å². The van der Waals surface area contributed by atoms with Crippen LogP contribution in [0.15, 0.2) is 0 Å². The Balaban J connectivity index is 2.11. The third kappa shape index (κ3) is 3.12. The zero-order valence-electron chi connectivity index (χ0n) is 10.7. The Bertz CT molecular complexity index is 664. The highest BCUT2D eigenvalue weighted by molar-refractivity contribution is 7.95. The molecule has 108 valence electrons. The van der Waals surface area contributed by atoms with Gasteiger partial charge < -0.3 is 0 Å². The molecule has 1 saturated heterocycles. The molecule has 1 aromatic rings. The highest BCUT2D eigenvalue weighted by atomic mass is 32.2. The van der Waals surface area contributed by atoms with E-state index < -0.39 is 25.1 Å². The number of aromatic amines is 1. The first-order valence-corrected chi connectivity index (χ1v) is 9.06. The van der Waals surface area contributed by atoms with Gasteiger partial charge in [0.2, 0.25) is 10.0 Å². The van der Waals surface area contributed by atoms with Crippen molar-refractivity contribution in [2.75, 3.05) is 18.6 Å². The minimum atomic E-state index is -3.64. The molecule has 0 aromatic carbocycles. The van der Waals surface area contributed by atoms with Crippen LogP contribution in [0.1, 0.15) is 18.1 Å². The highest BCUT2D eigenvalue weighted by Crippen LogP contribution is 2.22. The molecule has 1 aliphatic heterocycles. The van der Waals surface area contributed by atoms with E-state index in [1.54, 1.807) is 6.92 Å². The van der Waals surface area contributed by atoms with Crippen molar-refractivity contribution in [3.8, 4) is 0 Å². The molecule has 8 nitrogen and oxygen atoms in total. The van der Waals surface area contributed by atoms with Crippen LogP contribution in [0.3, 0.4) is 0 Å². The van der Waals surface area contributed by atoms with Gasteiger partial charge in [-0.05, 0) is 13.3 Å². The van der Waals surface area contributed by atoms with Crippen LogP contribution in [0.5, 0.6) is 0 Å². The summed E-state index contributed by atoms with van der Waals surface area (Å²) in [7, 11) is -5.45. The number of sulfone groups is 1. The first kappa shape index (κ1) is 14.4. The van der Waals surface area contributed by atoms with Crippen LogP contribution in [0.2, 0.25) is 0 Å². The second-order valence-electron chi connectivity index (χ2n) is 4.66. The molecule has 1 fully saturated rings. The van der Waals surface area contributed by atoms with Gasteiger partial charge in [0.05, 0.1) is 23.3 Å². The first-order chi connectivity index (χ1) is 8.71. The predicted molar refractivity (Wildman–Crippen MR) is 68.6 cm³/mol. The van der Waals surface area contributed by atoms with E-state index in [1.807, 2.05) is 0 Å². The van der Waals surface area contributed by atoms with E-state index in [9.17, 15) is 16.8 Å². The lowest BCUT2D eigenvalue weighted by Gasteiger charge is -2.19. The number of nitrogens with one attached hydrogen (secondary N) is 1. The quantitative estimate of drug-likeness (QED) is 0.768. The molecule has 1 aliphatic rings. The van der Waals surface area contributed by atoms with Gasteiger partial charge >= 0.3 is 0 Å². The number of rotatable bonds is 4. The number of nitrogens with zero attached hydrogens (tertiary/aromatic N) is 3. The van der Waals surface area contributed by atoms with Crippen molar-refractivity contribution in [1.82, 2.24) is 19.5 Å². The summed E-state index contributed by atoms with van der Waals surface area (Å²) in [6.07, 6.45) is 0.155. The van der Waals surface area contributed by atoms with Crippen LogP contribution in [-0.2, 0) is 26.4 Å². The summed E-state index contributed by atoms with van der Waals surface area (Å²) in [5, 5.41) is 5.63. The summed E-state index contributed by atoms with van der Waals surface area (Å²) < 4.78 is 48.3. The number of H-pyrrole nitrogens is 1. The van der Waals surface area contributed by atoms with Gasteiger partial charge in [-0.1, -0.05) is 0 Å². The van der Waals surface area contributed by atoms with Crippen LogP contribution in [-0.4, -0.2) is 60.1 Å². The van der Waals surface area contributed by atoms with Crippen molar-refractivity contribution in [3.63, 3.8) is 0 Å². The molecular formula is C9H16N4O4S2. The Hall–Kier alpha value is -1.00. The molecule has 19 heavy (non-hydrogen) atoms. The molecule has 0 bridgehead atoms. The van der Waals surface area contributed by atoms with Gasteiger partial charge in [0.15, 0.2) is 15.7 Å². The molecule has 1 atom stereocenters. The molecule has 1 N–H and O–H groups in total. The highest BCUT2D eigenvalue weighted by Gasteiger charge is 2.39. The monoisotopic (exact) mass is 308 g/mol. The maximum atomic E-state index is 12.2. The second kappa shape index (κ2) is 4.84. The summed E-state index contributed by atoms with van der Waals surface area (Å²) in [5.74, 6) is 0.602. The van der Waals surface area contributed by atoms with Crippen LogP contribution >= 0.6 is 0 Å². The molecule has 1 aromatic heterocycles. The lowest BCUT2D eigenvalue weighted by molar-refractivity contribution is 0.448. The molecular weight excluding hydrogens is 292 g/mol. The van der Waals surface area contributed by atoms with Crippen molar-refractivity contribution in [3.05, 3.63) is 11.6 Å². The van der Waals surface area contributed by atoms with E-state index in [2.05, 4.69) is 15.2 Å². The van der Waals surface area contributed by atoms with Crippen molar-refractivity contribution in [1.29, 1.82) is 0 Å². The largest absolute Gasteiger partial charge is 0.263 e. The van der Waals surface area contributed by atoms with Crippen molar-refractivity contribution in [2.45, 2.75) is 25.1 Å². The summed E-state index contributed by atoms with van der Waals surface area (Å²) >= 11 is 0. The summed E-state index contributed by atoms with van der Waals surface area (Å²) in [6.45, 7) is 1.75. The fourth-order valence-corrected chi connectivity index (χ4v) is 6.22. The Labute approximate surface area is 112 Å². The van der Waals surface area contributed by atoms with Crippen LogP contribution in [0.4, 0.5) is 0 Å². The van der Waals surface area contributed by atoms with Gasteiger partial charge in [-0.15, -0.1) is 0 Å². The Morgan fingerprint density at radius 3 is 2.63 bits per heavy atom. The van der Waals surface area contributed by atoms with Crippen molar-refractivity contribution in [2.24, 2.45) is 0 Å². The Morgan fingerprint density at radius 1 is 1.47 bits per heavy atom. The van der Waals surface area contributed by atoms with Crippen molar-refractivity contribution >= 4 is 19.9 Å². The third-order valence-corrected chi connectivity index (χ3v) is 7.28. The Kier molecular flexibility index (Phi) is 3.67. The van der Waals surface area contributed by atoms with Gasteiger partial charge in [-0.2, -0.15) is 9.40 Å². The minimum absolute atomic E-state index is 0.0310. The topological polar surface area (TPSA) is 113 Å². The summed E-state index contributed by atoms with van der Waals surface area (Å²) in [6, 6.07) is 0. The maximum absolute atomic E-state index is 12.2. The second-order valence-corrected chi connectivity index (χ2v) is 9.21. The molecule has 0 radical (unpaired) electrons. The lowest BCUT2D eigenvalue weighted by atomic mass is 10.4. The van der Waals surface area contributed by atoms with E-state index in [0.29, 0.717) is 11.6 Å². The number of sulfonamides is 1. The lowest BCUT2D eigenvalue weighted by Crippen LogP contribution is -2.36. The van der Waals surface area contributed by atoms with E-state index in [4.69, 9.17) is 0 Å². The Morgan fingerprint density at radius 2 is 2.16 bits per heavy atom. The normalized spacial score (nSPS) is 23.0. The van der Waals surface area contributed by atoms with Gasteiger partial charge in [0, 0.05) is 7.05 Å². The number of hydrogen-bond acceptors (Lipinski definition) is 6. The standard InChI is InChI=1S/C9H16N4O4S2/c1-7-10-9(12-11-7)5-13(2)19(16,17)8-3-4-18(14,15)6-8/h8H,3-6H2,1-2H3,(H,10,11,12). The molecule has 1 unspecified atom stereocenters. The van der Waals surface area contributed by atoms with Crippen LogP contribution in [0, 0.1) is 6.92 Å². The zero-order valence-corrected chi connectivity index (χ0v) is 12.3. The first-order valence-electron chi connectivity index (χ1n) is 5.74. The van der Waals surface area contributed by atoms with Gasteiger partial charge in [0.1, 0.15) is 5.82 Å². The number of aryl methyl sites for hydroxylation is 1. The SMILES string of the molecule is Cc1nc(CN(C)S(=O)(=O)C2CCS(=O)(=O)C2)n[nH]1.